The molecule has 0 atom stereocenters. The highest BCUT2D eigenvalue weighted by Crippen LogP contribution is 2.65. The number of fused-ring (bicyclic) bond motifs is 9. The van der Waals surface area contributed by atoms with Gasteiger partial charge in [-0.05, 0) is 140 Å². The zero-order valence-corrected chi connectivity index (χ0v) is 38.6. The number of rotatable bonds is 9. The van der Waals surface area contributed by atoms with E-state index in [1.54, 1.807) is 0 Å². The first-order chi connectivity index (χ1) is 34.7. The fourth-order valence-electron chi connectivity index (χ4n) is 11.9. The van der Waals surface area contributed by atoms with Crippen molar-refractivity contribution in [1.82, 2.24) is 0 Å². The van der Waals surface area contributed by atoms with Crippen molar-refractivity contribution in [2.24, 2.45) is 0 Å². The van der Waals surface area contributed by atoms with E-state index in [0.29, 0.717) is 0 Å². The van der Waals surface area contributed by atoms with Crippen LogP contribution in [0.3, 0.4) is 0 Å². The van der Waals surface area contributed by atoms with Crippen LogP contribution in [-0.2, 0) is 10.8 Å². The minimum Gasteiger partial charge on any atom is -0.311 e. The van der Waals surface area contributed by atoms with Crippen LogP contribution in [0.25, 0.3) is 22.3 Å². The predicted molar refractivity (Wildman–Crippen MR) is 290 cm³/mol. The molecule has 2 aliphatic rings. The fourth-order valence-corrected chi connectivity index (χ4v) is 11.9. The molecule has 0 saturated carbocycles. The van der Waals surface area contributed by atoms with Crippen LogP contribution >= 0.6 is 0 Å². The molecule has 0 unspecified atom stereocenters. The van der Waals surface area contributed by atoms with Crippen molar-refractivity contribution in [3.05, 3.63) is 336 Å². The molecule has 0 radical (unpaired) electrons. The minimum absolute atomic E-state index is 0.564. The highest BCUT2D eigenvalue weighted by Gasteiger charge is 2.56. The first kappa shape index (κ1) is 41.2. The van der Waals surface area contributed by atoms with Gasteiger partial charge in [-0.3, -0.25) is 0 Å². The van der Waals surface area contributed by atoms with Gasteiger partial charge in [-0.25, -0.2) is 0 Å². The number of para-hydroxylation sites is 2. The summed E-state index contributed by atoms with van der Waals surface area (Å²) in [5, 5.41) is 0. The van der Waals surface area contributed by atoms with Crippen molar-refractivity contribution in [2.45, 2.75) is 10.8 Å². The molecule has 0 saturated heterocycles. The topological polar surface area (TPSA) is 6.48 Å². The number of hydrogen-bond acceptors (Lipinski definition) is 2. The maximum Gasteiger partial charge on any atom is 0.0720 e. The van der Waals surface area contributed by atoms with E-state index in [4.69, 9.17) is 0 Å². The summed E-state index contributed by atoms with van der Waals surface area (Å²) >= 11 is 0. The normalized spacial score (nSPS) is 13.4. The molecule has 330 valence electrons. The van der Waals surface area contributed by atoms with E-state index in [1.165, 1.54) is 66.8 Å². The van der Waals surface area contributed by atoms with Gasteiger partial charge in [0, 0.05) is 34.1 Å². The van der Waals surface area contributed by atoms with E-state index in [1.807, 2.05) is 0 Å². The van der Waals surface area contributed by atoms with Gasteiger partial charge in [-0.1, -0.05) is 218 Å². The fraction of sp³-hybridized carbons (Fsp3) is 0.0294. The molecule has 13 rings (SSSR count). The standard InChI is InChI=1S/C68H48N2/c1-6-22-49(23-7-1)50-38-40-55(41-39-50)69(53-28-12-4-13-29-53)56-42-44-57(45-43-56)70(54-30-14-5-15-31-54)58-46-47-60-59-32-16-17-33-61(59)68(66(60)48-58)64-36-20-18-34-62(64)67(51-24-8-2-9-25-51,52-26-10-3-11-27-52)63-35-19-21-37-65(63)68/h1-48H. The van der Waals surface area contributed by atoms with Crippen LogP contribution in [-0.4, -0.2) is 0 Å². The average molecular weight is 893 g/mol. The van der Waals surface area contributed by atoms with Gasteiger partial charge in [0.05, 0.1) is 10.8 Å². The monoisotopic (exact) mass is 892 g/mol. The van der Waals surface area contributed by atoms with Gasteiger partial charge in [0.2, 0.25) is 0 Å². The molecule has 0 N–H and O–H groups in total. The SMILES string of the molecule is c1ccc(-c2ccc(N(c3ccccc3)c3ccc(N(c4ccccc4)c4ccc5c(c4)C4(c6ccccc6-5)c5ccccc5C(c5ccccc5)(c5ccccc5)c5ccccc54)cc3)cc2)cc1. The van der Waals surface area contributed by atoms with Crippen molar-refractivity contribution in [3.8, 4) is 22.3 Å². The van der Waals surface area contributed by atoms with E-state index in [2.05, 4.69) is 301 Å². The average Bonchev–Trinajstić information content (AvgIpc) is 3.73. The molecule has 1 spiro atoms. The zero-order valence-electron chi connectivity index (χ0n) is 38.6. The van der Waals surface area contributed by atoms with Crippen LogP contribution in [0, 0.1) is 0 Å². The highest BCUT2D eigenvalue weighted by molar-refractivity contribution is 5.92. The summed E-state index contributed by atoms with van der Waals surface area (Å²) in [4.78, 5) is 4.76. The molecule has 0 aromatic heterocycles. The summed E-state index contributed by atoms with van der Waals surface area (Å²) < 4.78 is 0. The highest BCUT2D eigenvalue weighted by atomic mass is 15.2. The Kier molecular flexibility index (Phi) is 9.99. The van der Waals surface area contributed by atoms with Crippen LogP contribution in [0.2, 0.25) is 0 Å². The predicted octanol–water partition coefficient (Wildman–Crippen LogP) is 17.4. The van der Waals surface area contributed by atoms with Gasteiger partial charge in [-0.2, -0.15) is 0 Å². The maximum atomic E-state index is 2.49. The quantitative estimate of drug-likeness (QED) is 0.142. The second kappa shape index (κ2) is 17.0. The van der Waals surface area contributed by atoms with Crippen LogP contribution in [0.4, 0.5) is 34.1 Å². The Bertz CT molecular complexity index is 3540. The second-order valence-corrected chi connectivity index (χ2v) is 18.4. The van der Waals surface area contributed by atoms with Gasteiger partial charge >= 0.3 is 0 Å². The van der Waals surface area contributed by atoms with Gasteiger partial charge < -0.3 is 9.80 Å². The molecular formula is C68H48N2. The Balaban J connectivity index is 0.996. The molecule has 11 aromatic rings. The Morgan fingerprint density at radius 2 is 0.514 bits per heavy atom. The molecule has 0 amide bonds. The number of benzene rings is 11. The molecule has 2 heteroatoms. The minimum atomic E-state index is -0.610. The van der Waals surface area contributed by atoms with Crippen LogP contribution in [0.1, 0.15) is 44.5 Å². The van der Waals surface area contributed by atoms with Crippen molar-refractivity contribution >= 4 is 34.1 Å². The number of anilines is 6. The lowest BCUT2D eigenvalue weighted by Gasteiger charge is -2.50. The Morgan fingerprint density at radius 1 is 0.200 bits per heavy atom. The van der Waals surface area contributed by atoms with Crippen LogP contribution in [0.15, 0.2) is 291 Å². The van der Waals surface area contributed by atoms with Gasteiger partial charge in [0.1, 0.15) is 0 Å². The summed E-state index contributed by atoms with van der Waals surface area (Å²) in [6.07, 6.45) is 0. The van der Waals surface area contributed by atoms with Crippen molar-refractivity contribution in [2.75, 3.05) is 9.80 Å². The van der Waals surface area contributed by atoms with Gasteiger partial charge in [0.25, 0.3) is 0 Å². The van der Waals surface area contributed by atoms with E-state index < -0.39 is 10.8 Å². The molecule has 0 heterocycles. The lowest BCUT2D eigenvalue weighted by Crippen LogP contribution is -2.44. The van der Waals surface area contributed by atoms with Gasteiger partial charge in [0.15, 0.2) is 0 Å². The summed E-state index contributed by atoms with van der Waals surface area (Å²) in [5.74, 6) is 0. The lowest BCUT2D eigenvalue weighted by molar-refractivity contribution is 0.623. The Labute approximate surface area is 410 Å². The third-order valence-electron chi connectivity index (χ3n) is 14.8. The Morgan fingerprint density at radius 3 is 1.00 bits per heavy atom. The van der Waals surface area contributed by atoms with Crippen LogP contribution < -0.4 is 9.80 Å². The first-order valence-corrected chi connectivity index (χ1v) is 24.3. The van der Waals surface area contributed by atoms with E-state index in [0.717, 1.165) is 34.1 Å². The van der Waals surface area contributed by atoms with E-state index in [-0.39, 0.29) is 0 Å². The molecule has 70 heavy (non-hydrogen) atoms. The summed E-state index contributed by atoms with van der Waals surface area (Å²) in [5.41, 5.74) is 20.6. The molecule has 2 nitrogen and oxygen atoms in total. The third-order valence-corrected chi connectivity index (χ3v) is 14.8. The summed E-state index contributed by atoms with van der Waals surface area (Å²) in [6, 6.07) is 107. The largest absolute Gasteiger partial charge is 0.311 e. The van der Waals surface area contributed by atoms with Crippen molar-refractivity contribution in [3.63, 3.8) is 0 Å². The lowest BCUT2D eigenvalue weighted by atomic mass is 9.51. The van der Waals surface area contributed by atoms with Gasteiger partial charge in [-0.15, -0.1) is 0 Å². The molecule has 0 bridgehead atoms. The summed E-state index contributed by atoms with van der Waals surface area (Å²) in [6.45, 7) is 0. The van der Waals surface area contributed by atoms with Crippen molar-refractivity contribution < 1.29 is 0 Å². The van der Waals surface area contributed by atoms with Crippen LogP contribution in [0.5, 0.6) is 0 Å². The van der Waals surface area contributed by atoms with E-state index in [9.17, 15) is 0 Å². The smallest absolute Gasteiger partial charge is 0.0720 e. The zero-order chi connectivity index (χ0) is 46.5. The third kappa shape index (κ3) is 6.34. The molecule has 0 aliphatic heterocycles. The molecular weight excluding hydrogens is 845 g/mol. The summed E-state index contributed by atoms with van der Waals surface area (Å²) in [7, 11) is 0. The number of hydrogen-bond donors (Lipinski definition) is 0. The van der Waals surface area contributed by atoms with Crippen molar-refractivity contribution in [1.29, 1.82) is 0 Å². The maximum absolute atomic E-state index is 2.49. The Hall–Kier alpha value is -8.98. The number of nitrogens with zero attached hydrogens (tertiary/aromatic N) is 2. The molecule has 0 fully saturated rings. The second-order valence-electron chi connectivity index (χ2n) is 18.4. The molecule has 2 aliphatic carbocycles. The molecule has 11 aromatic carbocycles. The first-order valence-electron chi connectivity index (χ1n) is 24.3. The van der Waals surface area contributed by atoms with E-state index >= 15 is 0 Å².